The van der Waals surface area contributed by atoms with Gasteiger partial charge in [0.2, 0.25) is 0 Å². The summed E-state index contributed by atoms with van der Waals surface area (Å²) >= 11 is 3.75. The molecule has 0 N–H and O–H groups in total. The van der Waals surface area contributed by atoms with Gasteiger partial charge in [-0.2, -0.15) is 0 Å². The minimum Gasteiger partial charge on any atom is -0.310 e. The SMILES string of the molecule is c1ccc(-c2cccc(N(c3ccc(-c4cccc5c4sc4ccccc45)cc3)c3cccc4c3ccc3sc5ccccc5c34)c2)cc1. The maximum absolute atomic E-state index is 2.43. The summed E-state index contributed by atoms with van der Waals surface area (Å²) in [6.45, 7) is 0. The normalized spacial score (nSPS) is 11.7. The fraction of sp³-hybridized carbons (Fsp3) is 0. The molecule has 0 saturated carbocycles. The molecule has 0 fully saturated rings. The molecule has 0 unspecified atom stereocenters. The van der Waals surface area contributed by atoms with Crippen molar-refractivity contribution in [2.45, 2.75) is 0 Å². The zero-order valence-electron chi connectivity index (χ0n) is 26.5. The summed E-state index contributed by atoms with van der Waals surface area (Å²) in [5, 5.41) is 7.83. The molecule has 10 aromatic rings. The van der Waals surface area contributed by atoms with Gasteiger partial charge in [-0.05, 0) is 76.2 Å². The maximum Gasteiger partial charge on any atom is 0.0540 e. The van der Waals surface area contributed by atoms with E-state index >= 15 is 0 Å². The lowest BCUT2D eigenvalue weighted by Crippen LogP contribution is -2.10. The van der Waals surface area contributed by atoms with Gasteiger partial charge in [-0.15, -0.1) is 22.7 Å². The van der Waals surface area contributed by atoms with E-state index < -0.39 is 0 Å². The third kappa shape index (κ3) is 4.66. The number of thiophene rings is 2. The van der Waals surface area contributed by atoms with E-state index in [4.69, 9.17) is 0 Å². The van der Waals surface area contributed by atoms with Gasteiger partial charge in [-0.1, -0.05) is 127 Å². The molecule has 0 bridgehead atoms. The first kappa shape index (κ1) is 28.3. The highest BCUT2D eigenvalue weighted by molar-refractivity contribution is 7.26. The molecular weight excluding hydrogens is 631 g/mol. The van der Waals surface area contributed by atoms with Crippen molar-refractivity contribution in [2.24, 2.45) is 0 Å². The van der Waals surface area contributed by atoms with Crippen LogP contribution in [0.15, 0.2) is 176 Å². The van der Waals surface area contributed by atoms with Crippen molar-refractivity contribution in [3.8, 4) is 22.3 Å². The van der Waals surface area contributed by atoms with Crippen molar-refractivity contribution in [3.63, 3.8) is 0 Å². The van der Waals surface area contributed by atoms with Gasteiger partial charge in [0.15, 0.2) is 0 Å². The van der Waals surface area contributed by atoms with Crippen molar-refractivity contribution in [3.05, 3.63) is 176 Å². The molecule has 0 aliphatic rings. The maximum atomic E-state index is 2.43. The first-order chi connectivity index (χ1) is 24.3. The number of benzene rings is 8. The molecule has 2 heterocycles. The molecule has 0 saturated heterocycles. The molecule has 10 rings (SSSR count). The smallest absolute Gasteiger partial charge is 0.0540 e. The Balaban J connectivity index is 1.17. The standard InChI is InChI=1S/C46H29NS2/c1-2-11-30(12-3-1)32-13-8-14-34(29-32)47(41-20-10-18-38-36(41)27-28-44-45(38)40-16-5-7-22-43(40)48-44)33-25-23-31(24-26-33)35-17-9-19-39-37-15-4-6-21-42(37)49-46(35)39/h1-29H. The van der Waals surface area contributed by atoms with E-state index in [1.54, 1.807) is 0 Å². The predicted molar refractivity (Wildman–Crippen MR) is 215 cm³/mol. The monoisotopic (exact) mass is 659 g/mol. The van der Waals surface area contributed by atoms with Crippen LogP contribution in [0.4, 0.5) is 17.1 Å². The summed E-state index contributed by atoms with van der Waals surface area (Å²) in [5.74, 6) is 0. The average Bonchev–Trinajstić information content (AvgIpc) is 3.75. The summed E-state index contributed by atoms with van der Waals surface area (Å²) in [5.41, 5.74) is 8.33. The average molecular weight is 660 g/mol. The molecule has 0 amide bonds. The van der Waals surface area contributed by atoms with Gasteiger partial charge in [0.05, 0.1) is 5.69 Å². The third-order valence-corrected chi connectivity index (χ3v) is 12.0. The van der Waals surface area contributed by atoms with Crippen LogP contribution in [0.5, 0.6) is 0 Å². The Bertz CT molecular complexity index is 2830. The van der Waals surface area contributed by atoms with Crippen LogP contribution >= 0.6 is 22.7 Å². The van der Waals surface area contributed by atoms with Crippen LogP contribution in [0.2, 0.25) is 0 Å². The number of rotatable bonds is 5. The second-order valence-electron chi connectivity index (χ2n) is 12.5. The van der Waals surface area contributed by atoms with Gasteiger partial charge < -0.3 is 4.90 Å². The summed E-state index contributed by atoms with van der Waals surface area (Å²) in [7, 11) is 0. The predicted octanol–water partition coefficient (Wildman–Crippen LogP) is 14.4. The molecule has 49 heavy (non-hydrogen) atoms. The van der Waals surface area contributed by atoms with Gasteiger partial charge >= 0.3 is 0 Å². The van der Waals surface area contributed by atoms with Crippen molar-refractivity contribution < 1.29 is 0 Å². The second kappa shape index (κ2) is 11.5. The topological polar surface area (TPSA) is 3.24 Å². The summed E-state index contributed by atoms with van der Waals surface area (Å²) in [4.78, 5) is 2.43. The van der Waals surface area contributed by atoms with Gasteiger partial charge in [-0.3, -0.25) is 0 Å². The summed E-state index contributed by atoms with van der Waals surface area (Å²) < 4.78 is 5.31. The first-order valence-electron chi connectivity index (χ1n) is 16.6. The Morgan fingerprint density at radius 3 is 1.88 bits per heavy atom. The van der Waals surface area contributed by atoms with Crippen LogP contribution in [0.25, 0.3) is 73.4 Å². The van der Waals surface area contributed by atoms with Crippen LogP contribution in [-0.4, -0.2) is 0 Å². The molecule has 0 aliphatic heterocycles. The molecule has 1 nitrogen and oxygen atoms in total. The van der Waals surface area contributed by atoms with Crippen LogP contribution in [0.1, 0.15) is 0 Å². The van der Waals surface area contributed by atoms with Crippen LogP contribution in [0, 0.1) is 0 Å². The highest BCUT2D eigenvalue weighted by Gasteiger charge is 2.19. The van der Waals surface area contributed by atoms with E-state index in [9.17, 15) is 0 Å². The fourth-order valence-electron chi connectivity index (χ4n) is 7.41. The van der Waals surface area contributed by atoms with E-state index in [0.29, 0.717) is 0 Å². The number of anilines is 3. The Morgan fingerprint density at radius 2 is 1.02 bits per heavy atom. The number of nitrogens with zero attached hydrogens (tertiary/aromatic N) is 1. The summed E-state index contributed by atoms with van der Waals surface area (Å²) in [6, 6.07) is 64.3. The highest BCUT2D eigenvalue weighted by atomic mass is 32.1. The summed E-state index contributed by atoms with van der Waals surface area (Å²) in [6.07, 6.45) is 0. The van der Waals surface area contributed by atoms with Crippen molar-refractivity contribution in [1.82, 2.24) is 0 Å². The first-order valence-corrected chi connectivity index (χ1v) is 18.2. The molecule has 3 heteroatoms. The number of fused-ring (bicyclic) bond motifs is 8. The van der Waals surface area contributed by atoms with Crippen molar-refractivity contribution >= 4 is 90.9 Å². The molecule has 230 valence electrons. The van der Waals surface area contributed by atoms with E-state index in [0.717, 1.165) is 11.4 Å². The fourth-order valence-corrected chi connectivity index (χ4v) is 9.77. The number of hydrogen-bond acceptors (Lipinski definition) is 3. The molecule has 2 aromatic heterocycles. The Kier molecular flexibility index (Phi) is 6.61. The van der Waals surface area contributed by atoms with E-state index in [-0.39, 0.29) is 0 Å². The van der Waals surface area contributed by atoms with Gasteiger partial charge in [-0.25, -0.2) is 0 Å². The molecule has 0 aliphatic carbocycles. The van der Waals surface area contributed by atoms with Gasteiger partial charge in [0.25, 0.3) is 0 Å². The zero-order valence-corrected chi connectivity index (χ0v) is 28.1. The molecule has 0 atom stereocenters. The third-order valence-electron chi connectivity index (χ3n) is 9.67. The van der Waals surface area contributed by atoms with Crippen LogP contribution in [0.3, 0.4) is 0 Å². The highest BCUT2D eigenvalue weighted by Crippen LogP contribution is 2.46. The van der Waals surface area contributed by atoms with Crippen molar-refractivity contribution in [2.75, 3.05) is 4.90 Å². The largest absolute Gasteiger partial charge is 0.310 e. The van der Waals surface area contributed by atoms with Crippen molar-refractivity contribution in [1.29, 1.82) is 0 Å². The Hall–Kier alpha value is -5.74. The zero-order chi connectivity index (χ0) is 32.3. The molecule has 0 spiro atoms. The Morgan fingerprint density at radius 1 is 0.347 bits per heavy atom. The lowest BCUT2D eigenvalue weighted by atomic mass is 9.99. The van der Waals surface area contributed by atoms with E-state index in [2.05, 4.69) is 181 Å². The van der Waals surface area contributed by atoms with Crippen LogP contribution in [-0.2, 0) is 0 Å². The van der Waals surface area contributed by atoms with E-state index in [1.165, 1.54) is 79.1 Å². The van der Waals surface area contributed by atoms with Crippen LogP contribution < -0.4 is 4.90 Å². The second-order valence-corrected chi connectivity index (χ2v) is 14.6. The molecule has 0 radical (unpaired) electrons. The molecule has 8 aromatic carbocycles. The minimum absolute atomic E-state index is 1.13. The lowest BCUT2D eigenvalue weighted by molar-refractivity contribution is 1.30. The van der Waals surface area contributed by atoms with Gasteiger partial charge in [0.1, 0.15) is 0 Å². The minimum atomic E-state index is 1.13. The van der Waals surface area contributed by atoms with E-state index in [1.807, 2.05) is 22.7 Å². The lowest BCUT2D eigenvalue weighted by Gasteiger charge is -2.27. The Labute approximate surface area is 292 Å². The number of hydrogen-bond donors (Lipinski definition) is 0. The molecular formula is C46H29NS2. The van der Waals surface area contributed by atoms with Gasteiger partial charge in [0, 0.05) is 57.1 Å². The quantitative estimate of drug-likeness (QED) is 0.178.